The largest absolute Gasteiger partial charge is 0.302 e. The molecule has 0 aromatic heterocycles. The Kier molecular flexibility index (Phi) is 3.88. The van der Waals surface area contributed by atoms with Crippen molar-refractivity contribution in [1.82, 2.24) is 4.90 Å². The molecule has 0 unspecified atom stereocenters. The lowest BCUT2D eigenvalue weighted by Gasteiger charge is -2.22. The fourth-order valence-corrected chi connectivity index (χ4v) is 4.58. The standard InChI is InChI=1S/C14H18F2N2O2S/c15-11-9-13(16)12-3-6-18(14(12)10-11)21(19,20)8-7-17-4-1-2-5-17/h9-10H,1-8H2. The van der Waals surface area contributed by atoms with Crippen LogP contribution in [-0.4, -0.2) is 45.2 Å². The zero-order valence-corrected chi connectivity index (χ0v) is 12.5. The SMILES string of the molecule is O=S(=O)(CCN1CCCC1)N1CCc2c(F)cc(F)cc21. The van der Waals surface area contributed by atoms with Gasteiger partial charge >= 0.3 is 0 Å². The van der Waals surface area contributed by atoms with Gasteiger partial charge in [-0.05, 0) is 38.4 Å². The molecule has 2 aliphatic rings. The van der Waals surface area contributed by atoms with E-state index in [4.69, 9.17) is 0 Å². The fourth-order valence-electron chi connectivity index (χ4n) is 3.04. The smallest absolute Gasteiger partial charge is 0.236 e. The monoisotopic (exact) mass is 316 g/mol. The maximum absolute atomic E-state index is 13.7. The Morgan fingerprint density at radius 3 is 2.52 bits per heavy atom. The number of hydrogen-bond donors (Lipinski definition) is 0. The summed E-state index contributed by atoms with van der Waals surface area (Å²) in [5, 5.41) is 0. The Balaban J connectivity index is 1.78. The summed E-state index contributed by atoms with van der Waals surface area (Å²) in [6, 6.07) is 1.91. The van der Waals surface area contributed by atoms with E-state index in [1.165, 1.54) is 0 Å². The van der Waals surface area contributed by atoms with Crippen molar-refractivity contribution in [2.45, 2.75) is 19.3 Å². The molecule has 1 aromatic rings. The van der Waals surface area contributed by atoms with Crippen LogP contribution >= 0.6 is 0 Å². The fraction of sp³-hybridized carbons (Fsp3) is 0.571. The molecule has 1 aromatic carbocycles. The molecule has 116 valence electrons. The molecule has 0 atom stereocenters. The van der Waals surface area contributed by atoms with Crippen LogP contribution in [0.25, 0.3) is 0 Å². The summed E-state index contributed by atoms with van der Waals surface area (Å²) >= 11 is 0. The maximum Gasteiger partial charge on any atom is 0.236 e. The quantitative estimate of drug-likeness (QED) is 0.850. The first kappa shape index (κ1) is 14.7. The van der Waals surface area contributed by atoms with Crippen molar-refractivity contribution in [3.05, 3.63) is 29.3 Å². The number of halogens is 2. The van der Waals surface area contributed by atoms with Gasteiger partial charge in [0.2, 0.25) is 10.0 Å². The number of nitrogens with zero attached hydrogens (tertiary/aromatic N) is 2. The molecular weight excluding hydrogens is 298 g/mol. The minimum absolute atomic E-state index is 0.00935. The van der Waals surface area contributed by atoms with Crippen molar-refractivity contribution in [2.75, 3.05) is 36.2 Å². The van der Waals surface area contributed by atoms with Crippen molar-refractivity contribution >= 4 is 15.7 Å². The maximum atomic E-state index is 13.7. The molecule has 0 radical (unpaired) electrons. The molecule has 1 fully saturated rings. The van der Waals surface area contributed by atoms with Gasteiger partial charge in [-0.1, -0.05) is 0 Å². The first-order valence-electron chi connectivity index (χ1n) is 7.18. The molecule has 2 aliphatic heterocycles. The van der Waals surface area contributed by atoms with Gasteiger partial charge in [0, 0.05) is 24.7 Å². The lowest BCUT2D eigenvalue weighted by Crippen LogP contribution is -2.36. The van der Waals surface area contributed by atoms with Crippen molar-refractivity contribution < 1.29 is 17.2 Å². The van der Waals surface area contributed by atoms with Crippen molar-refractivity contribution in [3.8, 4) is 0 Å². The van der Waals surface area contributed by atoms with E-state index < -0.39 is 21.7 Å². The van der Waals surface area contributed by atoms with Gasteiger partial charge in [0.1, 0.15) is 11.6 Å². The average Bonchev–Trinajstić information content (AvgIpc) is 3.05. The molecule has 0 N–H and O–H groups in total. The molecule has 2 heterocycles. The Bertz CT molecular complexity index is 643. The van der Waals surface area contributed by atoms with Crippen LogP contribution in [0, 0.1) is 11.6 Å². The molecule has 0 amide bonds. The molecular formula is C14H18F2N2O2S. The zero-order valence-electron chi connectivity index (χ0n) is 11.7. The average molecular weight is 316 g/mol. The minimum Gasteiger partial charge on any atom is -0.302 e. The van der Waals surface area contributed by atoms with E-state index in [2.05, 4.69) is 4.90 Å². The summed E-state index contributed by atoms with van der Waals surface area (Å²) in [5.41, 5.74) is 0.454. The number of likely N-dealkylation sites (tertiary alicyclic amines) is 1. The predicted octanol–water partition coefficient (Wildman–Crippen LogP) is 1.75. The van der Waals surface area contributed by atoms with Crippen molar-refractivity contribution in [1.29, 1.82) is 0 Å². The van der Waals surface area contributed by atoms with Gasteiger partial charge in [0.15, 0.2) is 0 Å². The van der Waals surface area contributed by atoms with Gasteiger partial charge in [0.25, 0.3) is 0 Å². The van der Waals surface area contributed by atoms with Crippen molar-refractivity contribution in [3.63, 3.8) is 0 Å². The molecule has 0 bridgehead atoms. The third-order valence-corrected chi connectivity index (χ3v) is 5.92. The number of hydrogen-bond acceptors (Lipinski definition) is 3. The van der Waals surface area contributed by atoms with Crippen LogP contribution in [0.5, 0.6) is 0 Å². The van der Waals surface area contributed by atoms with Crippen LogP contribution in [0.3, 0.4) is 0 Å². The summed E-state index contributed by atoms with van der Waals surface area (Å²) < 4.78 is 53.0. The van der Waals surface area contributed by atoms with Crippen LogP contribution < -0.4 is 4.31 Å². The third-order valence-electron chi connectivity index (χ3n) is 4.17. The molecule has 1 saturated heterocycles. The summed E-state index contributed by atoms with van der Waals surface area (Å²) in [4.78, 5) is 2.11. The number of benzene rings is 1. The van der Waals surface area contributed by atoms with Gasteiger partial charge in [-0.25, -0.2) is 17.2 Å². The minimum atomic E-state index is -3.54. The van der Waals surface area contributed by atoms with Crippen LogP contribution in [0.4, 0.5) is 14.5 Å². The topological polar surface area (TPSA) is 40.6 Å². The highest BCUT2D eigenvalue weighted by atomic mass is 32.2. The lowest BCUT2D eigenvalue weighted by atomic mass is 10.1. The van der Waals surface area contributed by atoms with Gasteiger partial charge in [-0.15, -0.1) is 0 Å². The summed E-state index contributed by atoms with van der Waals surface area (Å²) in [6.45, 7) is 2.52. The second-order valence-electron chi connectivity index (χ2n) is 5.57. The number of anilines is 1. The van der Waals surface area contributed by atoms with Crippen LogP contribution in [0.1, 0.15) is 18.4 Å². The number of rotatable bonds is 4. The van der Waals surface area contributed by atoms with Crippen LogP contribution in [-0.2, 0) is 16.4 Å². The molecule has 3 rings (SSSR count). The van der Waals surface area contributed by atoms with E-state index in [0.29, 0.717) is 18.5 Å². The number of sulfonamides is 1. The van der Waals surface area contributed by atoms with E-state index in [9.17, 15) is 17.2 Å². The molecule has 0 saturated carbocycles. The Labute approximate surface area is 123 Å². The van der Waals surface area contributed by atoms with E-state index in [-0.39, 0.29) is 18.0 Å². The zero-order chi connectivity index (χ0) is 15.0. The number of fused-ring (bicyclic) bond motifs is 1. The van der Waals surface area contributed by atoms with Gasteiger partial charge in [-0.2, -0.15) is 0 Å². The van der Waals surface area contributed by atoms with Gasteiger partial charge in [-0.3, -0.25) is 4.31 Å². The normalized spacial score (nSPS) is 19.2. The van der Waals surface area contributed by atoms with E-state index >= 15 is 0 Å². The summed E-state index contributed by atoms with van der Waals surface area (Å²) in [5.74, 6) is -1.42. The molecule has 0 spiro atoms. The second kappa shape index (κ2) is 5.53. The lowest BCUT2D eigenvalue weighted by molar-refractivity contribution is 0.359. The van der Waals surface area contributed by atoms with Crippen molar-refractivity contribution in [2.24, 2.45) is 0 Å². The highest BCUT2D eigenvalue weighted by Gasteiger charge is 2.32. The summed E-state index contributed by atoms with van der Waals surface area (Å²) in [7, 11) is -3.54. The molecule has 4 nitrogen and oxygen atoms in total. The van der Waals surface area contributed by atoms with Gasteiger partial charge < -0.3 is 4.90 Å². The first-order chi connectivity index (χ1) is 9.97. The molecule has 21 heavy (non-hydrogen) atoms. The van der Waals surface area contributed by atoms with Crippen LogP contribution in [0.2, 0.25) is 0 Å². The van der Waals surface area contributed by atoms with Crippen LogP contribution in [0.15, 0.2) is 12.1 Å². The Hall–Kier alpha value is -1.21. The highest BCUT2D eigenvalue weighted by Crippen LogP contribution is 2.33. The van der Waals surface area contributed by atoms with E-state index in [1.807, 2.05) is 0 Å². The van der Waals surface area contributed by atoms with Gasteiger partial charge in [0.05, 0.1) is 11.4 Å². The Morgan fingerprint density at radius 1 is 1.10 bits per heavy atom. The van der Waals surface area contributed by atoms with E-state index in [0.717, 1.165) is 42.4 Å². The van der Waals surface area contributed by atoms with E-state index in [1.54, 1.807) is 0 Å². The predicted molar refractivity (Wildman–Crippen MR) is 76.9 cm³/mol. The second-order valence-corrected chi connectivity index (χ2v) is 7.59. The molecule has 0 aliphatic carbocycles. The Morgan fingerprint density at radius 2 is 1.81 bits per heavy atom. The molecule has 7 heteroatoms. The first-order valence-corrected chi connectivity index (χ1v) is 8.79. The summed E-state index contributed by atoms with van der Waals surface area (Å²) in [6.07, 6.45) is 2.50. The highest BCUT2D eigenvalue weighted by molar-refractivity contribution is 7.92. The third kappa shape index (κ3) is 2.89.